The summed E-state index contributed by atoms with van der Waals surface area (Å²) in [6, 6.07) is 59.0. The summed E-state index contributed by atoms with van der Waals surface area (Å²) in [7, 11) is 4.68. The number of hydrogen-bond acceptors (Lipinski definition) is 17. The molecular formula is C73H65N15O9. The predicted molar refractivity (Wildman–Crippen MR) is 360 cm³/mol. The van der Waals surface area contributed by atoms with Gasteiger partial charge in [-0.15, -0.1) is 0 Å². The lowest BCUT2D eigenvalue weighted by atomic mass is 10.0. The van der Waals surface area contributed by atoms with Gasteiger partial charge in [0.2, 0.25) is 0 Å². The van der Waals surface area contributed by atoms with Crippen LogP contribution in [0, 0.1) is 63.9 Å². The number of ether oxygens (including phenoxy) is 6. The number of benzene rings is 9. The molecule has 0 atom stereocenters. The van der Waals surface area contributed by atoms with E-state index in [2.05, 4.69) is 55.2 Å². The van der Waals surface area contributed by atoms with Gasteiger partial charge in [0.1, 0.15) is 83.7 Å². The molecule has 9 aromatic carbocycles. The van der Waals surface area contributed by atoms with Crippen LogP contribution in [-0.4, -0.2) is 59.4 Å². The van der Waals surface area contributed by atoms with E-state index in [0.717, 1.165) is 56.5 Å². The summed E-state index contributed by atoms with van der Waals surface area (Å²) >= 11 is 0. The molecule has 0 spiro atoms. The maximum absolute atomic E-state index is 12.4. The lowest BCUT2D eigenvalue weighted by Crippen LogP contribution is -2.23. The Morgan fingerprint density at radius 1 is 0.402 bits per heavy atom. The highest BCUT2D eigenvalue weighted by Crippen LogP contribution is 2.34. The second-order valence-electron chi connectivity index (χ2n) is 22.1. The highest BCUT2D eigenvalue weighted by Gasteiger charge is 2.19. The average Bonchev–Trinajstić information content (AvgIpc) is 1.77. The van der Waals surface area contributed by atoms with Gasteiger partial charge in [-0.1, -0.05) is 79.7 Å². The molecule has 0 saturated heterocycles. The van der Waals surface area contributed by atoms with Crippen molar-refractivity contribution in [2.75, 3.05) is 0 Å². The van der Waals surface area contributed by atoms with E-state index in [1.54, 1.807) is 87.9 Å². The van der Waals surface area contributed by atoms with E-state index in [4.69, 9.17) is 35.0 Å². The van der Waals surface area contributed by atoms with Gasteiger partial charge in [-0.3, -0.25) is 0 Å². The molecule has 0 fully saturated rings. The molecule has 24 nitrogen and oxygen atoms in total. The fraction of sp³-hybridized carbons (Fsp3) is 0.178. The standard InChI is InChI=1S/C25H23N5O3.2C24H21N5O3/c1-4-18-9-7-10-22(30-25(31)29(3)27-28-30)21(18)16-32-23-13-12-20(14-17(23)2)33-24-11-6-5-8-19(24)15-26;1-16-7-5-10-22(29-24(30)28(4)26-27-29)21(16)15-31-23-12-11-20(13-17(23)2)32-19-9-6-8-18(14-19)25-3;1-16-7-6-9-21(29-24(30)28(3)26-27-29)20(16)15-31-22-12-11-19(13-17(22)2)32-23-10-5-4-8-18(23)14-25/h5-14H,4,16H2,1-3H3;5-14H,15H2,1-2,4H3;4-13H,15H2,1-3H3. The van der Waals surface area contributed by atoms with Crippen LogP contribution in [0.25, 0.3) is 21.9 Å². The summed E-state index contributed by atoms with van der Waals surface area (Å²) in [5.41, 5.74) is 10.7. The highest BCUT2D eigenvalue weighted by molar-refractivity contribution is 5.53. The summed E-state index contributed by atoms with van der Waals surface area (Å²) in [6.45, 7) is 19.7. The third kappa shape index (κ3) is 15.7. The monoisotopic (exact) mass is 1300 g/mol. The Morgan fingerprint density at radius 3 is 1.15 bits per heavy atom. The summed E-state index contributed by atoms with van der Waals surface area (Å²) in [6.07, 6.45) is 0.783. The van der Waals surface area contributed by atoms with Crippen LogP contribution < -0.4 is 45.5 Å². The maximum atomic E-state index is 12.4. The van der Waals surface area contributed by atoms with Crippen LogP contribution in [0.3, 0.4) is 0 Å². The topological polar surface area (TPSA) is 265 Å². The Labute approximate surface area is 557 Å². The lowest BCUT2D eigenvalue weighted by Gasteiger charge is -2.16. The second kappa shape index (κ2) is 30.5. The van der Waals surface area contributed by atoms with Crippen LogP contribution in [-0.2, 0) is 47.4 Å². The van der Waals surface area contributed by atoms with Crippen LogP contribution in [0.5, 0.6) is 51.7 Å². The molecule has 0 unspecified atom stereocenters. The molecule has 24 heteroatoms. The summed E-state index contributed by atoms with van der Waals surface area (Å²) < 4.78 is 43.3. The van der Waals surface area contributed by atoms with Crippen molar-refractivity contribution in [2.24, 2.45) is 21.1 Å². The van der Waals surface area contributed by atoms with Crippen molar-refractivity contribution in [3.05, 3.63) is 286 Å². The lowest BCUT2D eigenvalue weighted by molar-refractivity contribution is 0.301. The van der Waals surface area contributed by atoms with Gasteiger partial charge in [0.15, 0.2) is 5.69 Å². The first-order valence-corrected chi connectivity index (χ1v) is 30.4. The molecule has 12 rings (SSSR count). The number of tetrazole rings is 3. The van der Waals surface area contributed by atoms with Gasteiger partial charge in [0, 0.05) is 37.8 Å². The zero-order valence-corrected chi connectivity index (χ0v) is 54.5. The Kier molecular flexibility index (Phi) is 21.0. The van der Waals surface area contributed by atoms with Crippen molar-refractivity contribution < 1.29 is 28.4 Å². The molecule has 0 amide bonds. The molecule has 486 valence electrons. The van der Waals surface area contributed by atoms with E-state index < -0.39 is 0 Å². The Bertz CT molecular complexity index is 5170. The smallest absolute Gasteiger partial charge is 0.368 e. The highest BCUT2D eigenvalue weighted by atomic mass is 16.5. The molecule has 0 aliphatic heterocycles. The Balaban J connectivity index is 0.000000158. The van der Waals surface area contributed by atoms with Crippen molar-refractivity contribution in [1.29, 1.82) is 10.5 Å². The molecule has 3 heterocycles. The van der Waals surface area contributed by atoms with Crippen LogP contribution in [0.1, 0.15) is 68.1 Å². The maximum Gasteiger partial charge on any atom is 0.368 e. The number of rotatable bonds is 19. The fourth-order valence-corrected chi connectivity index (χ4v) is 10.2. The van der Waals surface area contributed by atoms with E-state index >= 15 is 0 Å². The fourth-order valence-electron chi connectivity index (χ4n) is 10.2. The predicted octanol–water partition coefficient (Wildman–Crippen LogP) is 12.4. The SMILES string of the molecule is CCc1cccc(-n2nnn(C)c2=O)c1COc1ccc(Oc2ccccc2C#N)cc1C.Cc1cc(Oc2ccccc2C#N)ccc1OCc1c(C)cccc1-n1nnn(C)c1=O.[C-]#[N+]c1cccc(Oc2ccc(OCc3c(C)cccc3-n3nnn(C)c3=O)c(C)c2)c1. The first kappa shape index (κ1) is 66.8. The third-order valence-corrected chi connectivity index (χ3v) is 15.5. The van der Waals surface area contributed by atoms with Crippen LogP contribution in [0.15, 0.2) is 196 Å². The molecule has 0 saturated carbocycles. The molecular weight excluding hydrogens is 1230 g/mol. The van der Waals surface area contributed by atoms with E-state index in [0.29, 0.717) is 85.6 Å². The van der Waals surface area contributed by atoms with Gasteiger partial charge in [-0.05, 0) is 215 Å². The molecule has 0 bridgehead atoms. The van der Waals surface area contributed by atoms with Gasteiger partial charge in [0.25, 0.3) is 0 Å². The van der Waals surface area contributed by atoms with Crippen molar-refractivity contribution >= 4 is 5.69 Å². The van der Waals surface area contributed by atoms with Crippen molar-refractivity contribution in [3.8, 4) is 80.9 Å². The van der Waals surface area contributed by atoms with Gasteiger partial charge < -0.3 is 28.4 Å². The minimum atomic E-state index is -0.327. The summed E-state index contributed by atoms with van der Waals surface area (Å²) in [4.78, 5) is 40.5. The minimum absolute atomic E-state index is 0.253. The van der Waals surface area contributed by atoms with Crippen molar-refractivity contribution in [3.63, 3.8) is 0 Å². The van der Waals surface area contributed by atoms with Crippen LogP contribution in [0.4, 0.5) is 5.69 Å². The minimum Gasteiger partial charge on any atom is -0.489 e. The van der Waals surface area contributed by atoms with E-state index in [-0.39, 0.29) is 36.9 Å². The quantitative estimate of drug-likeness (QED) is 0.0681. The molecule has 0 aliphatic rings. The Morgan fingerprint density at radius 2 is 0.773 bits per heavy atom. The van der Waals surface area contributed by atoms with Gasteiger partial charge in [-0.2, -0.15) is 38.6 Å². The molecule has 0 radical (unpaired) electrons. The number of para-hydroxylation sites is 2. The molecule has 97 heavy (non-hydrogen) atoms. The Hall–Kier alpha value is -13.1. The number of hydrogen-bond donors (Lipinski definition) is 0. The zero-order valence-electron chi connectivity index (χ0n) is 54.5. The van der Waals surface area contributed by atoms with Crippen LogP contribution >= 0.6 is 0 Å². The first-order valence-electron chi connectivity index (χ1n) is 30.4. The van der Waals surface area contributed by atoms with Crippen molar-refractivity contribution in [1.82, 2.24) is 59.4 Å². The van der Waals surface area contributed by atoms with Gasteiger partial charge >= 0.3 is 17.1 Å². The second-order valence-corrected chi connectivity index (χ2v) is 22.1. The summed E-state index contributed by atoms with van der Waals surface area (Å²) in [5.74, 6) is 5.57. The van der Waals surface area contributed by atoms with E-state index in [9.17, 15) is 24.9 Å². The molecule has 0 N–H and O–H groups in total. The van der Waals surface area contributed by atoms with E-state index in [1.807, 2.05) is 150 Å². The van der Waals surface area contributed by atoms with Crippen LogP contribution in [0.2, 0.25) is 0 Å². The van der Waals surface area contributed by atoms with Gasteiger partial charge in [0.05, 0.1) is 34.8 Å². The molecule has 0 aliphatic carbocycles. The first-order chi connectivity index (χ1) is 46.9. The normalized spacial score (nSPS) is 10.6. The molecule has 3 aromatic heterocycles. The number of nitrogens with zero attached hydrogens (tertiary/aromatic N) is 15. The number of nitriles is 2. The number of aryl methyl sites for hydroxylation is 9. The average molecular weight is 1300 g/mol. The van der Waals surface area contributed by atoms with Gasteiger partial charge in [-0.25, -0.2) is 19.2 Å². The number of aromatic nitrogens is 12. The molecule has 12 aromatic rings. The largest absolute Gasteiger partial charge is 0.489 e. The third-order valence-electron chi connectivity index (χ3n) is 15.5. The van der Waals surface area contributed by atoms with E-state index in [1.165, 1.54) is 28.1 Å². The zero-order chi connectivity index (χ0) is 68.7. The van der Waals surface area contributed by atoms with Crippen molar-refractivity contribution in [2.45, 2.75) is 67.8 Å². The summed E-state index contributed by atoms with van der Waals surface area (Å²) in [5, 5.41) is 41.8.